The third-order valence-corrected chi connectivity index (χ3v) is 28.3. The van der Waals surface area contributed by atoms with E-state index in [0.717, 1.165) is 164 Å². The number of carboxylic acid groups (broad SMARTS) is 1. The Morgan fingerprint density at radius 2 is 1.07 bits per heavy atom. The number of carbonyl (C=O) groups is 6. The van der Waals surface area contributed by atoms with Gasteiger partial charge in [-0.1, -0.05) is 159 Å². The number of amides is 5. The van der Waals surface area contributed by atoms with Gasteiger partial charge in [-0.15, -0.1) is 0 Å². The first-order valence-electron chi connectivity index (χ1n) is 45.3. The zero-order valence-corrected chi connectivity index (χ0v) is 74.8. The van der Waals surface area contributed by atoms with E-state index in [4.69, 9.17) is 39.3 Å². The van der Waals surface area contributed by atoms with E-state index in [1.165, 1.54) is 79.2 Å². The Kier molecular flexibility index (Phi) is 24.9. The molecule has 5 amide bonds. The molecule has 20 nitrogen and oxygen atoms in total. The van der Waals surface area contributed by atoms with Gasteiger partial charge in [0.2, 0.25) is 17.7 Å². The Hall–Kier alpha value is -11.3. The number of aliphatic carboxylic acids is 1. The Bertz CT molecular complexity index is 5590. The van der Waals surface area contributed by atoms with Crippen LogP contribution in [0, 0.1) is 35.5 Å². The number of fused-ring (bicyclic) bond motifs is 11. The minimum Gasteiger partial charge on any atom is -0.488 e. The zero-order chi connectivity index (χ0) is 87.4. The van der Waals surface area contributed by atoms with Crippen molar-refractivity contribution < 1.29 is 52.8 Å². The van der Waals surface area contributed by atoms with Crippen molar-refractivity contribution in [3.63, 3.8) is 0 Å². The molecule has 2 N–H and O–H groups in total. The fourth-order valence-electron chi connectivity index (χ4n) is 20.3. The quantitative estimate of drug-likeness (QED) is 0.0870. The number of benzene rings is 7. The molecule has 0 aromatic heterocycles. The van der Waals surface area contributed by atoms with Gasteiger partial charge in [0.15, 0.2) is 6.04 Å². The molecule has 124 heavy (non-hydrogen) atoms. The number of carbonyl (C=O) groups excluding carboxylic acids is 5. The number of alkyl carbamates (subject to hydrolysis) is 1. The van der Waals surface area contributed by atoms with Gasteiger partial charge in [0.25, 0.3) is 0 Å². The maximum absolute atomic E-state index is 13.9. The summed E-state index contributed by atoms with van der Waals surface area (Å²) in [5.74, 6) is 2.82. The molecular weight excluding hydrogens is 1550 g/mol. The average Bonchev–Trinajstić information content (AvgIpc) is 1.49. The molecule has 18 rings (SSSR count). The number of aryl methyl sites for hydroxylation is 1. The number of aliphatic imine (C=N–C) groups is 4. The van der Waals surface area contributed by atoms with E-state index in [0.29, 0.717) is 49.0 Å². The number of methoxy groups -OCH3 is 1. The Morgan fingerprint density at radius 1 is 0.540 bits per heavy atom. The molecule has 12 atom stereocenters. The molecule has 0 spiro atoms. The molecule has 648 valence electrons. The molecule has 20 heteroatoms. The number of ether oxygens (including phenoxy) is 4. The largest absolute Gasteiger partial charge is 0.488 e. The number of hydrogen-bond acceptors (Lipinski definition) is 14. The number of rotatable bonds is 17. The summed E-state index contributed by atoms with van der Waals surface area (Å²) < 4.78 is 23.2. The number of hydrogen-bond donors (Lipinski definition) is 2. The first kappa shape index (κ1) is 86.2. The fraction of sp³-hybridized carbons (Fsp3) is 0.462. The minimum absolute atomic E-state index is 0.00513. The molecule has 1 unspecified atom stereocenters. The van der Waals surface area contributed by atoms with Crippen LogP contribution < -0.4 is 14.8 Å². The Balaban J connectivity index is 0.000000157. The molecule has 0 radical (unpaired) electrons. The molecule has 4 saturated heterocycles. The van der Waals surface area contributed by atoms with Crippen molar-refractivity contribution in [2.24, 2.45) is 55.5 Å². The lowest BCUT2D eigenvalue weighted by Crippen LogP contribution is -2.47. The lowest BCUT2D eigenvalue weighted by molar-refractivity contribution is -0.140. The standard InChI is InChI=1S/C49H54N4O3.C45H56N4O4.C10H11NO4/c1-7-32-19-46(52(26-32)48(54)31(6)33-11-9-8-10-12-33)43-22-36(25-50-43)34-14-16-38-37(20-34)27-56-47-24-39-35(21-41(38)47)15-17-42-40(39)23-44(51-42)45-18-13-29(4)53(45)49(55)30(5)28(2)3;1-9-28-16-41(48(23-28)44(51)53-45(6,7)8)38-19-31(22-46-38)29-11-13-33-32(17-29)24-52-42-21-34-30(18-36(33)42)12-14-37-35(34)20-39(47-37)40-15-10-26(4)49(40)43(50)27(5)25(2)3;1-15-10(14)11-8(9(12)13)7-5-3-2-4-6-7/h8-12,14-17,20-21,24-25,28-32,45-46H,7,13,18-19,22-23,26-27H2,1-6H3;11,13,17-18,21-22,25-28,40-41H,9-10,12,14-16,19-20,23-24H2,1-8H3;2-6,8H,1H3,(H,11,14)(H,12,13)/t29-,30-,31?,32-,45-,46-;26-,27-,28-,40-,41-;8-/m001/s1. The predicted octanol–water partition coefficient (Wildman–Crippen LogP) is 21.1. The second kappa shape index (κ2) is 35.8. The third-order valence-electron chi connectivity index (χ3n) is 28.3. The van der Waals surface area contributed by atoms with E-state index in [1.807, 2.05) is 63.2 Å². The highest BCUT2D eigenvalue weighted by Gasteiger charge is 2.46. The van der Waals surface area contributed by atoms with E-state index in [1.54, 1.807) is 30.3 Å². The highest BCUT2D eigenvalue weighted by atomic mass is 16.6. The van der Waals surface area contributed by atoms with E-state index < -0.39 is 23.7 Å². The molecule has 4 fully saturated rings. The van der Waals surface area contributed by atoms with Gasteiger partial charge >= 0.3 is 18.2 Å². The summed E-state index contributed by atoms with van der Waals surface area (Å²) in [6, 6.07) is 45.0. The van der Waals surface area contributed by atoms with Crippen molar-refractivity contribution in [1.29, 1.82) is 0 Å². The van der Waals surface area contributed by atoms with Crippen LogP contribution in [-0.2, 0) is 54.7 Å². The van der Waals surface area contributed by atoms with Gasteiger partial charge in [0.1, 0.15) is 30.3 Å². The highest BCUT2D eigenvalue weighted by Crippen LogP contribution is 2.50. The number of allylic oxidation sites excluding steroid dienone is 4. The summed E-state index contributed by atoms with van der Waals surface area (Å²) >= 11 is 0. The predicted molar refractivity (Wildman–Crippen MR) is 491 cm³/mol. The van der Waals surface area contributed by atoms with Crippen molar-refractivity contribution in [1.82, 2.24) is 24.9 Å². The van der Waals surface area contributed by atoms with Crippen LogP contribution in [0.15, 0.2) is 172 Å². The van der Waals surface area contributed by atoms with Gasteiger partial charge in [0.05, 0.1) is 42.9 Å². The molecule has 10 aliphatic heterocycles. The summed E-state index contributed by atoms with van der Waals surface area (Å²) in [6.07, 6.45) is 15.9. The summed E-state index contributed by atoms with van der Waals surface area (Å²) in [7, 11) is 1.18. The second-order valence-corrected chi connectivity index (χ2v) is 37.9. The number of nitrogens with one attached hydrogen (secondary N) is 1. The van der Waals surface area contributed by atoms with Gasteiger partial charge in [-0.05, 0) is 248 Å². The normalized spacial score (nSPS) is 22.9. The number of likely N-dealkylation sites (tertiary alicyclic amines) is 4. The van der Waals surface area contributed by atoms with Crippen LogP contribution in [0.5, 0.6) is 11.5 Å². The van der Waals surface area contributed by atoms with Crippen LogP contribution >= 0.6 is 0 Å². The summed E-state index contributed by atoms with van der Waals surface area (Å²) in [5.41, 5.74) is 24.6. The lowest BCUT2D eigenvalue weighted by atomic mass is 9.83. The highest BCUT2D eigenvalue weighted by molar-refractivity contribution is 6.09. The lowest BCUT2D eigenvalue weighted by Gasteiger charge is -2.32. The van der Waals surface area contributed by atoms with Crippen LogP contribution in [0.25, 0.3) is 49.7 Å². The van der Waals surface area contributed by atoms with E-state index in [9.17, 15) is 28.8 Å². The van der Waals surface area contributed by atoms with Crippen molar-refractivity contribution >= 4 is 91.9 Å². The smallest absolute Gasteiger partial charge is 0.410 e. The molecule has 7 aromatic rings. The van der Waals surface area contributed by atoms with Crippen molar-refractivity contribution in [3.05, 3.63) is 202 Å². The first-order chi connectivity index (χ1) is 59.5. The molecule has 0 saturated carbocycles. The second-order valence-electron chi connectivity index (χ2n) is 37.9. The number of carboxylic acids is 1. The first-order valence-corrected chi connectivity index (χ1v) is 45.3. The Labute approximate surface area is 730 Å². The van der Waals surface area contributed by atoms with E-state index in [-0.39, 0.29) is 77.8 Å². The van der Waals surface area contributed by atoms with Gasteiger partial charge in [-0.25, -0.2) is 14.4 Å². The monoisotopic (exact) mass is 1670 g/mol. The summed E-state index contributed by atoms with van der Waals surface area (Å²) in [6.45, 7) is 31.8. The SMILES string of the molecule is CC[C@H]1C[C@@H](C2=NC=C(c3ccc4c(c3)COc3cc5c(cc3-4)CCC3=C5CC([C@@H]4CC[C@H](C)N4C(=O)[C@@H](C)C(C)C)=N3)C2)N(C(=O)OC(C)(C)C)C1.CC[C@H]1C[C@@H](C2=NC=C(c3ccc4c(c3)COc3cc5c6c(ccc5cc3-4)N=C([C@@H]3CC[C@H](C)N3C(=O)[C@@H](C)C(C)C)C6)C2)N(C(=O)C(C)c2ccccc2)C1.COC(=O)N[C@@H](C(=O)O)c1ccccc1. The minimum atomic E-state index is -1.13. The molecule has 11 aliphatic rings. The average molecular weight is 1670 g/mol. The van der Waals surface area contributed by atoms with Gasteiger partial charge in [0, 0.05) is 115 Å². The van der Waals surface area contributed by atoms with Crippen molar-refractivity contribution in [2.45, 2.75) is 254 Å². The maximum Gasteiger partial charge on any atom is 0.410 e. The van der Waals surface area contributed by atoms with Crippen molar-refractivity contribution in [3.8, 4) is 33.8 Å². The van der Waals surface area contributed by atoms with E-state index in [2.05, 4.69) is 179 Å². The van der Waals surface area contributed by atoms with Gasteiger partial charge in [-0.3, -0.25) is 39.3 Å². The molecule has 10 heterocycles. The maximum atomic E-state index is 13.9. The summed E-state index contributed by atoms with van der Waals surface area (Å²) in [5, 5.41) is 13.5. The molecule has 0 bridgehead atoms. The molecule has 7 aromatic carbocycles. The Morgan fingerprint density at radius 3 is 1.61 bits per heavy atom. The zero-order valence-electron chi connectivity index (χ0n) is 74.8. The van der Waals surface area contributed by atoms with Gasteiger partial charge < -0.3 is 44.1 Å². The van der Waals surface area contributed by atoms with Crippen LogP contribution in [-0.4, -0.2) is 145 Å². The molecular formula is C104H121N9O11. The van der Waals surface area contributed by atoms with Crippen molar-refractivity contribution in [2.75, 3.05) is 20.2 Å². The summed E-state index contributed by atoms with van der Waals surface area (Å²) in [4.78, 5) is 105. The molecule has 1 aliphatic carbocycles. The van der Waals surface area contributed by atoms with Crippen LogP contribution in [0.3, 0.4) is 0 Å². The fourth-order valence-corrected chi connectivity index (χ4v) is 20.3. The number of nitrogens with zero attached hydrogens (tertiary/aromatic N) is 8. The van der Waals surface area contributed by atoms with Crippen LogP contribution in [0.1, 0.15) is 236 Å². The topological polar surface area (TPSA) is 234 Å². The van der Waals surface area contributed by atoms with E-state index >= 15 is 0 Å². The van der Waals surface area contributed by atoms with Crippen LogP contribution in [0.2, 0.25) is 0 Å². The third kappa shape index (κ3) is 17.3. The van der Waals surface area contributed by atoms with Gasteiger partial charge in [-0.2, -0.15) is 0 Å². The van der Waals surface area contributed by atoms with Crippen LogP contribution in [0.4, 0.5) is 15.3 Å².